The second kappa shape index (κ2) is 4.73. The molecule has 0 aromatic rings. The predicted molar refractivity (Wildman–Crippen MR) is 44.8 cm³/mol. The van der Waals surface area contributed by atoms with Gasteiger partial charge in [0.1, 0.15) is 0 Å². The molecular weight excluding hydrogens is 122 g/mol. The van der Waals surface area contributed by atoms with Crippen LogP contribution in [0.4, 0.5) is 0 Å². The van der Waals surface area contributed by atoms with Crippen LogP contribution in [0.15, 0.2) is 0 Å². The second-order valence-corrected chi connectivity index (χ2v) is 3.21. The fraction of sp³-hybridized carbons (Fsp3) is 0.889. The van der Waals surface area contributed by atoms with Crippen LogP contribution < -0.4 is 5.32 Å². The molecule has 1 N–H and O–H groups in total. The van der Waals surface area contributed by atoms with Crippen LogP contribution in [0.5, 0.6) is 0 Å². The van der Waals surface area contributed by atoms with E-state index in [4.69, 9.17) is 0 Å². The molecule has 1 radical (unpaired) electrons. The van der Waals surface area contributed by atoms with Crippen LogP contribution >= 0.6 is 0 Å². The van der Waals surface area contributed by atoms with E-state index in [0.717, 1.165) is 0 Å². The maximum absolute atomic E-state index is 4.03. The molecule has 1 aliphatic heterocycles. The zero-order valence-electron chi connectivity index (χ0n) is 6.73. The maximum atomic E-state index is 4.03. The van der Waals surface area contributed by atoms with E-state index in [9.17, 15) is 0 Å². The summed E-state index contributed by atoms with van der Waals surface area (Å²) >= 11 is 0. The fourth-order valence-corrected chi connectivity index (χ4v) is 1.45. The van der Waals surface area contributed by atoms with Crippen LogP contribution in [0, 0.1) is 6.92 Å². The Morgan fingerprint density at radius 1 is 1.00 bits per heavy atom. The van der Waals surface area contributed by atoms with Gasteiger partial charge in [0.05, 0.1) is 0 Å². The number of hydrogen-bond acceptors (Lipinski definition) is 1. The first-order chi connectivity index (χ1) is 4.89. The number of hydrogen-bond donors (Lipinski definition) is 1. The van der Waals surface area contributed by atoms with Gasteiger partial charge in [-0.25, -0.2) is 0 Å². The first-order valence-corrected chi connectivity index (χ1v) is 4.46. The Morgan fingerprint density at radius 2 is 1.70 bits per heavy atom. The standard InChI is InChI=1S/C9H18N/c1-9-7-5-3-2-4-6-8-10-9/h9-10H,1-8H2. The second-order valence-electron chi connectivity index (χ2n) is 3.21. The van der Waals surface area contributed by atoms with Crippen LogP contribution in [0.2, 0.25) is 0 Å². The minimum atomic E-state index is 0.512. The third-order valence-corrected chi connectivity index (χ3v) is 2.16. The van der Waals surface area contributed by atoms with Gasteiger partial charge in [0.15, 0.2) is 0 Å². The molecule has 1 aliphatic rings. The molecule has 10 heavy (non-hydrogen) atoms. The zero-order valence-corrected chi connectivity index (χ0v) is 6.73. The molecular formula is C9H18N. The average molecular weight is 140 g/mol. The van der Waals surface area contributed by atoms with Crippen LogP contribution in [-0.4, -0.2) is 12.6 Å². The molecule has 1 heteroatoms. The molecule has 1 atom stereocenters. The van der Waals surface area contributed by atoms with Crippen molar-refractivity contribution in [1.29, 1.82) is 0 Å². The summed E-state index contributed by atoms with van der Waals surface area (Å²) in [6.45, 7) is 5.20. The number of nitrogens with one attached hydrogen (secondary N) is 1. The van der Waals surface area contributed by atoms with Gasteiger partial charge in [-0.2, -0.15) is 0 Å². The Hall–Kier alpha value is -0.0400. The lowest BCUT2D eigenvalue weighted by Gasteiger charge is -2.10. The summed E-state index contributed by atoms with van der Waals surface area (Å²) in [5.41, 5.74) is 0. The Bertz CT molecular complexity index is 70.8. The Morgan fingerprint density at radius 3 is 2.60 bits per heavy atom. The molecule has 0 bridgehead atoms. The monoisotopic (exact) mass is 140 g/mol. The van der Waals surface area contributed by atoms with Gasteiger partial charge >= 0.3 is 0 Å². The van der Waals surface area contributed by atoms with Crippen LogP contribution in [0.1, 0.15) is 38.5 Å². The van der Waals surface area contributed by atoms with E-state index in [1.54, 1.807) is 0 Å². The normalized spacial score (nSPS) is 30.3. The summed E-state index contributed by atoms with van der Waals surface area (Å²) < 4.78 is 0. The highest BCUT2D eigenvalue weighted by Gasteiger charge is 2.02. The number of rotatable bonds is 0. The molecule has 59 valence electrons. The van der Waals surface area contributed by atoms with E-state index >= 15 is 0 Å². The molecule has 1 saturated heterocycles. The van der Waals surface area contributed by atoms with Gasteiger partial charge in [0.2, 0.25) is 0 Å². The molecule has 1 fully saturated rings. The Labute approximate surface area is 64.2 Å². The average Bonchev–Trinajstić information content (AvgIpc) is 2.02. The highest BCUT2D eigenvalue weighted by molar-refractivity contribution is 4.69. The van der Waals surface area contributed by atoms with Gasteiger partial charge in [-0.3, -0.25) is 0 Å². The summed E-state index contributed by atoms with van der Waals surface area (Å²) in [5, 5.41) is 3.41. The summed E-state index contributed by atoms with van der Waals surface area (Å²) in [6, 6.07) is 0.512. The Kier molecular flexibility index (Phi) is 3.81. The van der Waals surface area contributed by atoms with E-state index in [1.165, 1.54) is 45.1 Å². The highest BCUT2D eigenvalue weighted by Crippen LogP contribution is 2.09. The van der Waals surface area contributed by atoms with Crippen molar-refractivity contribution in [3.63, 3.8) is 0 Å². The van der Waals surface area contributed by atoms with Crippen LogP contribution in [0.3, 0.4) is 0 Å². The predicted octanol–water partition coefficient (Wildman–Crippen LogP) is 2.13. The van der Waals surface area contributed by atoms with Crippen molar-refractivity contribution in [2.75, 3.05) is 6.54 Å². The van der Waals surface area contributed by atoms with E-state index in [0.29, 0.717) is 6.04 Å². The van der Waals surface area contributed by atoms with Crippen LogP contribution in [-0.2, 0) is 0 Å². The molecule has 0 aromatic heterocycles. The van der Waals surface area contributed by atoms with Crippen molar-refractivity contribution in [3.05, 3.63) is 6.92 Å². The van der Waals surface area contributed by atoms with Gasteiger partial charge in [-0.15, -0.1) is 0 Å². The van der Waals surface area contributed by atoms with Crippen molar-refractivity contribution in [2.24, 2.45) is 0 Å². The SMILES string of the molecule is [CH2]C1CCCCCCCN1. The summed E-state index contributed by atoms with van der Waals surface area (Å²) in [6.07, 6.45) is 8.20. The lowest BCUT2D eigenvalue weighted by atomic mass is 10.1. The van der Waals surface area contributed by atoms with Crippen molar-refractivity contribution in [3.8, 4) is 0 Å². The minimum Gasteiger partial charge on any atom is -0.314 e. The molecule has 0 amide bonds. The van der Waals surface area contributed by atoms with E-state index in [1.807, 2.05) is 0 Å². The lowest BCUT2D eigenvalue weighted by Crippen LogP contribution is -2.26. The van der Waals surface area contributed by atoms with Crippen molar-refractivity contribution >= 4 is 0 Å². The molecule has 0 aliphatic carbocycles. The van der Waals surface area contributed by atoms with E-state index < -0.39 is 0 Å². The van der Waals surface area contributed by atoms with Crippen molar-refractivity contribution < 1.29 is 0 Å². The smallest absolute Gasteiger partial charge is 0.00676 e. The summed E-state index contributed by atoms with van der Waals surface area (Å²) in [4.78, 5) is 0. The molecule has 0 saturated carbocycles. The van der Waals surface area contributed by atoms with Gasteiger partial charge in [-0.05, 0) is 26.3 Å². The minimum absolute atomic E-state index is 0.512. The third-order valence-electron chi connectivity index (χ3n) is 2.16. The fourth-order valence-electron chi connectivity index (χ4n) is 1.45. The summed E-state index contributed by atoms with van der Waals surface area (Å²) in [7, 11) is 0. The topological polar surface area (TPSA) is 12.0 Å². The van der Waals surface area contributed by atoms with Gasteiger partial charge in [0.25, 0.3) is 0 Å². The quantitative estimate of drug-likeness (QED) is 0.543. The summed E-state index contributed by atoms with van der Waals surface area (Å²) in [5.74, 6) is 0. The Balaban J connectivity index is 2.15. The van der Waals surface area contributed by atoms with E-state index in [-0.39, 0.29) is 0 Å². The molecule has 1 heterocycles. The third kappa shape index (κ3) is 3.21. The van der Waals surface area contributed by atoms with Crippen molar-refractivity contribution in [2.45, 2.75) is 44.6 Å². The largest absolute Gasteiger partial charge is 0.314 e. The highest BCUT2D eigenvalue weighted by atomic mass is 14.9. The molecule has 0 spiro atoms. The zero-order chi connectivity index (χ0) is 7.23. The van der Waals surface area contributed by atoms with Crippen molar-refractivity contribution in [1.82, 2.24) is 5.32 Å². The molecule has 1 nitrogen and oxygen atoms in total. The first kappa shape index (κ1) is 8.06. The van der Waals surface area contributed by atoms with E-state index in [2.05, 4.69) is 12.2 Å². The van der Waals surface area contributed by atoms with Gasteiger partial charge in [-0.1, -0.05) is 25.7 Å². The first-order valence-electron chi connectivity index (χ1n) is 4.46. The molecule has 1 rings (SSSR count). The lowest BCUT2D eigenvalue weighted by molar-refractivity contribution is 0.543. The molecule has 1 unspecified atom stereocenters. The van der Waals surface area contributed by atoms with Gasteiger partial charge in [0, 0.05) is 6.04 Å². The maximum Gasteiger partial charge on any atom is 0.00676 e. The molecule has 0 aromatic carbocycles. The van der Waals surface area contributed by atoms with Gasteiger partial charge < -0.3 is 5.32 Å². The van der Waals surface area contributed by atoms with Crippen LogP contribution in [0.25, 0.3) is 0 Å².